The maximum Gasteiger partial charge on any atom is 0.419 e. The van der Waals surface area contributed by atoms with Gasteiger partial charge in [-0.1, -0.05) is 12.1 Å². The molecule has 0 aromatic heterocycles. The SMILES string of the molecule is O=C(COc1ccc(N2CCCC2=O)cc1)Oc1ccccc1C(F)(F)F. The highest BCUT2D eigenvalue weighted by Crippen LogP contribution is 2.36. The molecule has 1 aliphatic rings. The Labute approximate surface area is 153 Å². The van der Waals surface area contributed by atoms with Gasteiger partial charge >= 0.3 is 12.1 Å². The third kappa shape index (κ3) is 4.58. The second-order valence-corrected chi connectivity index (χ2v) is 5.90. The number of hydrogen-bond donors (Lipinski definition) is 0. The van der Waals surface area contributed by atoms with Gasteiger partial charge in [-0.25, -0.2) is 4.79 Å². The van der Waals surface area contributed by atoms with Gasteiger partial charge in [0.05, 0.1) is 5.56 Å². The Morgan fingerprint density at radius 1 is 1.07 bits per heavy atom. The molecule has 0 N–H and O–H groups in total. The zero-order chi connectivity index (χ0) is 19.4. The van der Waals surface area contributed by atoms with Crippen LogP contribution in [0.1, 0.15) is 18.4 Å². The molecule has 0 aliphatic carbocycles. The first-order valence-electron chi connectivity index (χ1n) is 8.25. The number of rotatable bonds is 5. The lowest BCUT2D eigenvalue weighted by molar-refractivity contribution is -0.143. The second-order valence-electron chi connectivity index (χ2n) is 5.90. The van der Waals surface area contributed by atoms with E-state index in [1.165, 1.54) is 12.1 Å². The van der Waals surface area contributed by atoms with Gasteiger partial charge < -0.3 is 14.4 Å². The lowest BCUT2D eigenvalue weighted by atomic mass is 10.2. The topological polar surface area (TPSA) is 55.8 Å². The van der Waals surface area contributed by atoms with Crippen molar-refractivity contribution in [1.82, 2.24) is 0 Å². The summed E-state index contributed by atoms with van der Waals surface area (Å²) in [5, 5.41) is 0. The number of anilines is 1. The predicted molar refractivity (Wildman–Crippen MR) is 90.6 cm³/mol. The van der Waals surface area contributed by atoms with E-state index in [2.05, 4.69) is 0 Å². The molecule has 3 rings (SSSR count). The summed E-state index contributed by atoms with van der Waals surface area (Å²) >= 11 is 0. The van der Waals surface area contributed by atoms with Crippen molar-refractivity contribution < 1.29 is 32.2 Å². The lowest BCUT2D eigenvalue weighted by Crippen LogP contribution is -2.23. The molecule has 1 amide bonds. The molecule has 2 aromatic rings. The Bertz CT molecular complexity index is 834. The molecule has 8 heteroatoms. The molecule has 0 radical (unpaired) electrons. The van der Waals surface area contributed by atoms with Crippen LogP contribution in [0.2, 0.25) is 0 Å². The zero-order valence-electron chi connectivity index (χ0n) is 14.2. The summed E-state index contributed by atoms with van der Waals surface area (Å²) in [6.45, 7) is 0.109. The van der Waals surface area contributed by atoms with Gasteiger partial charge in [-0.05, 0) is 42.8 Å². The fraction of sp³-hybridized carbons (Fsp3) is 0.263. The summed E-state index contributed by atoms with van der Waals surface area (Å²) in [4.78, 5) is 25.2. The quantitative estimate of drug-likeness (QED) is 0.586. The molecule has 1 fully saturated rings. The minimum atomic E-state index is -4.62. The van der Waals surface area contributed by atoms with Gasteiger partial charge in [-0.2, -0.15) is 13.2 Å². The first-order chi connectivity index (χ1) is 12.8. The minimum absolute atomic E-state index is 0.0515. The van der Waals surface area contributed by atoms with Crippen LogP contribution in [0.3, 0.4) is 0 Å². The van der Waals surface area contributed by atoms with E-state index < -0.39 is 30.1 Å². The van der Waals surface area contributed by atoms with Crippen LogP contribution in [0.5, 0.6) is 11.5 Å². The summed E-state index contributed by atoms with van der Waals surface area (Å²) in [6.07, 6.45) is -3.30. The molecule has 0 bridgehead atoms. The molecule has 2 aromatic carbocycles. The third-order valence-electron chi connectivity index (χ3n) is 3.99. The molecule has 27 heavy (non-hydrogen) atoms. The van der Waals surface area contributed by atoms with Crippen LogP contribution in [-0.4, -0.2) is 25.0 Å². The van der Waals surface area contributed by atoms with Crippen LogP contribution in [-0.2, 0) is 15.8 Å². The van der Waals surface area contributed by atoms with Crippen molar-refractivity contribution in [2.45, 2.75) is 19.0 Å². The number of alkyl halides is 3. The fourth-order valence-corrected chi connectivity index (χ4v) is 2.73. The molecule has 5 nitrogen and oxygen atoms in total. The van der Waals surface area contributed by atoms with E-state index in [4.69, 9.17) is 9.47 Å². The Kier molecular flexibility index (Phi) is 5.34. The summed E-state index contributed by atoms with van der Waals surface area (Å²) in [6, 6.07) is 11.0. The number of amides is 1. The van der Waals surface area contributed by atoms with Crippen molar-refractivity contribution in [3.63, 3.8) is 0 Å². The summed E-state index contributed by atoms with van der Waals surface area (Å²) in [5.41, 5.74) is -0.301. The highest BCUT2D eigenvalue weighted by Gasteiger charge is 2.34. The molecule has 1 saturated heterocycles. The van der Waals surface area contributed by atoms with Crippen LogP contribution in [0, 0.1) is 0 Å². The van der Waals surface area contributed by atoms with Gasteiger partial charge in [-0.3, -0.25) is 4.79 Å². The van der Waals surface area contributed by atoms with Crippen molar-refractivity contribution in [2.24, 2.45) is 0 Å². The van der Waals surface area contributed by atoms with E-state index in [9.17, 15) is 22.8 Å². The van der Waals surface area contributed by atoms with Crippen LogP contribution >= 0.6 is 0 Å². The number of ether oxygens (including phenoxy) is 2. The second kappa shape index (κ2) is 7.69. The van der Waals surface area contributed by atoms with Crippen molar-refractivity contribution in [3.05, 3.63) is 54.1 Å². The molecular formula is C19H16F3NO4. The van der Waals surface area contributed by atoms with Crippen molar-refractivity contribution >= 4 is 17.6 Å². The Balaban J connectivity index is 1.58. The van der Waals surface area contributed by atoms with E-state index in [0.29, 0.717) is 18.7 Å². The standard InChI is InChI=1S/C19H16F3NO4/c20-19(21,22)15-4-1-2-5-16(15)27-18(25)12-26-14-9-7-13(8-10-14)23-11-3-6-17(23)24/h1-2,4-5,7-10H,3,6,11-12H2. The number of para-hydroxylation sites is 1. The average Bonchev–Trinajstić information content (AvgIpc) is 3.06. The minimum Gasteiger partial charge on any atom is -0.482 e. The molecule has 0 saturated carbocycles. The Morgan fingerprint density at radius 2 is 1.78 bits per heavy atom. The van der Waals surface area contributed by atoms with Gasteiger partial charge in [0.2, 0.25) is 5.91 Å². The molecule has 0 unspecified atom stereocenters. The van der Waals surface area contributed by atoms with Gasteiger partial charge in [-0.15, -0.1) is 0 Å². The molecular weight excluding hydrogens is 363 g/mol. The lowest BCUT2D eigenvalue weighted by Gasteiger charge is -2.16. The summed E-state index contributed by atoms with van der Waals surface area (Å²) < 4.78 is 48.7. The number of esters is 1. The van der Waals surface area contributed by atoms with Gasteiger partial charge in [0.1, 0.15) is 11.5 Å². The first kappa shape index (κ1) is 18.8. The highest BCUT2D eigenvalue weighted by atomic mass is 19.4. The predicted octanol–water partition coefficient (Wildman–Crippen LogP) is 3.82. The van der Waals surface area contributed by atoms with Crippen molar-refractivity contribution in [2.75, 3.05) is 18.1 Å². The number of hydrogen-bond acceptors (Lipinski definition) is 4. The third-order valence-corrected chi connectivity index (χ3v) is 3.99. The first-order valence-corrected chi connectivity index (χ1v) is 8.25. The van der Waals surface area contributed by atoms with E-state index in [1.54, 1.807) is 29.2 Å². The van der Waals surface area contributed by atoms with E-state index in [1.807, 2.05) is 0 Å². The number of nitrogens with zero attached hydrogens (tertiary/aromatic N) is 1. The molecule has 1 aliphatic heterocycles. The number of benzene rings is 2. The normalized spacial score (nSPS) is 14.3. The van der Waals surface area contributed by atoms with Crippen LogP contribution in [0.4, 0.5) is 18.9 Å². The average molecular weight is 379 g/mol. The van der Waals surface area contributed by atoms with Crippen molar-refractivity contribution in [3.8, 4) is 11.5 Å². The molecule has 142 valence electrons. The highest BCUT2D eigenvalue weighted by molar-refractivity contribution is 5.95. The van der Waals surface area contributed by atoms with E-state index in [0.717, 1.165) is 24.2 Å². The van der Waals surface area contributed by atoms with Gasteiger partial charge in [0, 0.05) is 18.7 Å². The van der Waals surface area contributed by atoms with Gasteiger partial charge in [0.15, 0.2) is 6.61 Å². The van der Waals surface area contributed by atoms with Gasteiger partial charge in [0.25, 0.3) is 0 Å². The van der Waals surface area contributed by atoms with Crippen LogP contribution < -0.4 is 14.4 Å². The molecule has 0 spiro atoms. The Hall–Kier alpha value is -3.03. The monoisotopic (exact) mass is 379 g/mol. The Morgan fingerprint density at radius 3 is 2.41 bits per heavy atom. The van der Waals surface area contributed by atoms with E-state index in [-0.39, 0.29) is 5.91 Å². The fourth-order valence-electron chi connectivity index (χ4n) is 2.73. The molecule has 1 heterocycles. The summed E-state index contributed by atoms with van der Waals surface area (Å²) in [5.74, 6) is -1.13. The smallest absolute Gasteiger partial charge is 0.419 e. The number of carbonyl (C=O) groups is 2. The summed E-state index contributed by atoms with van der Waals surface area (Å²) in [7, 11) is 0. The largest absolute Gasteiger partial charge is 0.482 e. The van der Waals surface area contributed by atoms with Crippen LogP contribution in [0.15, 0.2) is 48.5 Å². The maximum absolute atomic E-state index is 12.9. The number of halogens is 3. The number of carbonyl (C=O) groups excluding carboxylic acids is 2. The maximum atomic E-state index is 12.9. The van der Waals surface area contributed by atoms with Crippen molar-refractivity contribution in [1.29, 1.82) is 0 Å². The van der Waals surface area contributed by atoms with E-state index >= 15 is 0 Å². The van der Waals surface area contributed by atoms with Crippen LogP contribution in [0.25, 0.3) is 0 Å². The zero-order valence-corrected chi connectivity index (χ0v) is 14.2. The molecule has 0 atom stereocenters.